The number of nitriles is 1. The number of rotatable bonds is 2. The number of hydrogen-bond acceptors (Lipinski definition) is 4. The van der Waals surface area contributed by atoms with Crippen LogP contribution >= 0.6 is 23.2 Å². The van der Waals surface area contributed by atoms with Gasteiger partial charge in [0.25, 0.3) is 0 Å². The number of nitrogens with one attached hydrogen (secondary N) is 1. The number of benzene rings is 1. The Hall–Kier alpha value is -1.83. The highest BCUT2D eigenvalue weighted by atomic mass is 35.5. The molecule has 1 heterocycles. The highest BCUT2D eigenvalue weighted by Crippen LogP contribution is 2.28. The van der Waals surface area contributed by atoms with Crippen LogP contribution in [0.15, 0.2) is 30.3 Å². The molecule has 0 aliphatic rings. The monoisotopic (exact) mass is 264 g/mol. The fourth-order valence-electron chi connectivity index (χ4n) is 1.30. The molecule has 0 spiro atoms. The smallest absolute Gasteiger partial charge is 0.182 e. The number of aromatic nitrogens is 2. The van der Waals surface area contributed by atoms with Gasteiger partial charge in [0.05, 0.1) is 10.7 Å². The third kappa shape index (κ3) is 2.64. The predicted octanol–water partition coefficient (Wildman–Crippen LogP) is 3.34. The maximum absolute atomic E-state index is 8.42. The van der Waals surface area contributed by atoms with Gasteiger partial charge in [0, 0.05) is 10.6 Å². The minimum atomic E-state index is 0.390. The summed E-state index contributed by atoms with van der Waals surface area (Å²) in [6.45, 7) is 0. The average molecular weight is 265 g/mol. The first-order valence-corrected chi connectivity index (χ1v) is 5.40. The number of hydrogen-bond donors (Lipinski definition) is 1. The van der Waals surface area contributed by atoms with Crippen LogP contribution in [-0.2, 0) is 0 Å². The molecule has 0 amide bonds. The molecule has 0 saturated heterocycles. The first-order chi connectivity index (χ1) is 8.20. The first-order valence-electron chi connectivity index (χ1n) is 4.65. The molecule has 0 radical (unpaired) electrons. The molecule has 1 aromatic carbocycles. The summed E-state index contributed by atoms with van der Waals surface area (Å²) in [5.74, 6) is 0.390. The molecule has 2 aromatic rings. The molecule has 0 aliphatic heterocycles. The summed E-state index contributed by atoms with van der Waals surface area (Å²) in [4.78, 5) is 0. The van der Waals surface area contributed by atoms with Gasteiger partial charge in [-0.05, 0) is 30.3 Å². The minimum Gasteiger partial charge on any atom is -0.275 e. The van der Waals surface area contributed by atoms with Gasteiger partial charge in [-0.2, -0.15) is 5.26 Å². The van der Waals surface area contributed by atoms with Crippen LogP contribution < -0.4 is 5.32 Å². The highest BCUT2D eigenvalue weighted by molar-refractivity contribution is 6.36. The topological polar surface area (TPSA) is 61.6 Å². The zero-order chi connectivity index (χ0) is 12.3. The Morgan fingerprint density at radius 2 is 1.94 bits per heavy atom. The summed E-state index contributed by atoms with van der Waals surface area (Å²) in [5, 5.41) is 19.7. The Morgan fingerprint density at radius 3 is 2.53 bits per heavy atom. The zero-order valence-corrected chi connectivity index (χ0v) is 10.00. The van der Waals surface area contributed by atoms with Crippen molar-refractivity contribution in [3.05, 3.63) is 40.4 Å². The Morgan fingerprint density at radius 1 is 1.12 bits per heavy atom. The summed E-state index contributed by atoms with van der Waals surface area (Å²) in [7, 11) is 0. The van der Waals surface area contributed by atoms with Gasteiger partial charge in [0.2, 0.25) is 0 Å². The standard InChI is InChI=1S/C11H6Cl2N4/c12-7-1-2-8(9(13)5-7)10-3-4-11(15-6-14)17-16-10/h1-5H,(H,15,17). The lowest BCUT2D eigenvalue weighted by Gasteiger charge is -2.03. The van der Waals surface area contributed by atoms with Crippen LogP contribution in [0.2, 0.25) is 10.0 Å². The van der Waals surface area contributed by atoms with Crippen LogP contribution in [0.5, 0.6) is 0 Å². The SMILES string of the molecule is N#CNc1ccc(-c2ccc(Cl)cc2Cl)nn1. The number of halogens is 2. The maximum atomic E-state index is 8.42. The van der Waals surface area contributed by atoms with Crippen molar-refractivity contribution in [1.29, 1.82) is 5.26 Å². The summed E-state index contributed by atoms with van der Waals surface area (Å²) in [6.07, 6.45) is 1.77. The summed E-state index contributed by atoms with van der Waals surface area (Å²) >= 11 is 11.8. The fraction of sp³-hybridized carbons (Fsp3) is 0. The van der Waals surface area contributed by atoms with E-state index in [2.05, 4.69) is 15.5 Å². The van der Waals surface area contributed by atoms with Crippen molar-refractivity contribution in [2.75, 3.05) is 5.32 Å². The summed E-state index contributed by atoms with van der Waals surface area (Å²) in [5.41, 5.74) is 1.36. The van der Waals surface area contributed by atoms with Crippen molar-refractivity contribution in [3.8, 4) is 17.5 Å². The molecule has 0 atom stereocenters. The van der Waals surface area contributed by atoms with Gasteiger partial charge in [-0.3, -0.25) is 5.32 Å². The van der Waals surface area contributed by atoms with E-state index in [4.69, 9.17) is 28.5 Å². The summed E-state index contributed by atoms with van der Waals surface area (Å²) in [6, 6.07) is 8.51. The highest BCUT2D eigenvalue weighted by Gasteiger charge is 2.06. The average Bonchev–Trinajstić information content (AvgIpc) is 2.31. The van der Waals surface area contributed by atoms with Crippen molar-refractivity contribution < 1.29 is 0 Å². The second-order valence-electron chi connectivity index (χ2n) is 3.16. The van der Waals surface area contributed by atoms with Gasteiger partial charge in [-0.15, -0.1) is 10.2 Å². The summed E-state index contributed by atoms with van der Waals surface area (Å²) < 4.78 is 0. The molecular weight excluding hydrogens is 259 g/mol. The third-order valence-corrected chi connectivity index (χ3v) is 2.60. The molecule has 0 aliphatic carbocycles. The van der Waals surface area contributed by atoms with E-state index >= 15 is 0 Å². The van der Waals surface area contributed by atoms with E-state index in [9.17, 15) is 0 Å². The molecule has 1 N–H and O–H groups in total. The van der Waals surface area contributed by atoms with Gasteiger partial charge in [0.15, 0.2) is 12.0 Å². The Labute approximate surface area is 108 Å². The van der Waals surface area contributed by atoms with E-state index < -0.39 is 0 Å². The quantitative estimate of drug-likeness (QED) is 0.668. The number of nitrogens with zero attached hydrogens (tertiary/aromatic N) is 3. The molecule has 0 fully saturated rings. The van der Waals surface area contributed by atoms with Gasteiger partial charge >= 0.3 is 0 Å². The molecule has 0 unspecified atom stereocenters. The molecule has 17 heavy (non-hydrogen) atoms. The van der Waals surface area contributed by atoms with Crippen molar-refractivity contribution in [1.82, 2.24) is 10.2 Å². The largest absolute Gasteiger partial charge is 0.275 e. The lowest BCUT2D eigenvalue weighted by molar-refractivity contribution is 1.04. The van der Waals surface area contributed by atoms with Gasteiger partial charge in [-0.1, -0.05) is 23.2 Å². The normalized spacial score (nSPS) is 9.71. The molecule has 0 bridgehead atoms. The van der Waals surface area contributed by atoms with Crippen LogP contribution in [0.3, 0.4) is 0 Å². The van der Waals surface area contributed by atoms with Crippen molar-refractivity contribution >= 4 is 29.0 Å². The fourth-order valence-corrected chi connectivity index (χ4v) is 1.80. The Kier molecular flexibility index (Phi) is 3.43. The van der Waals surface area contributed by atoms with Crippen molar-refractivity contribution in [3.63, 3.8) is 0 Å². The van der Waals surface area contributed by atoms with Crippen LogP contribution in [-0.4, -0.2) is 10.2 Å². The van der Waals surface area contributed by atoms with Gasteiger partial charge in [0.1, 0.15) is 0 Å². The maximum Gasteiger partial charge on any atom is 0.182 e. The van der Waals surface area contributed by atoms with Crippen LogP contribution in [0.25, 0.3) is 11.3 Å². The second kappa shape index (κ2) is 5.00. The zero-order valence-electron chi connectivity index (χ0n) is 8.48. The molecule has 6 heteroatoms. The first kappa shape index (κ1) is 11.6. The lowest BCUT2D eigenvalue weighted by atomic mass is 10.1. The van der Waals surface area contributed by atoms with E-state index in [-0.39, 0.29) is 0 Å². The molecule has 1 aromatic heterocycles. The Bertz CT molecular complexity index is 575. The van der Waals surface area contributed by atoms with Crippen molar-refractivity contribution in [2.24, 2.45) is 0 Å². The van der Waals surface area contributed by atoms with Gasteiger partial charge in [-0.25, -0.2) is 0 Å². The van der Waals surface area contributed by atoms with E-state index in [0.29, 0.717) is 21.6 Å². The van der Waals surface area contributed by atoms with Crippen LogP contribution in [0, 0.1) is 11.5 Å². The van der Waals surface area contributed by atoms with Crippen LogP contribution in [0.1, 0.15) is 0 Å². The molecule has 2 rings (SSSR count). The molecule has 0 saturated carbocycles. The van der Waals surface area contributed by atoms with E-state index in [1.807, 2.05) is 0 Å². The van der Waals surface area contributed by atoms with Crippen LogP contribution in [0.4, 0.5) is 5.82 Å². The molecule has 84 valence electrons. The van der Waals surface area contributed by atoms with Crippen molar-refractivity contribution in [2.45, 2.75) is 0 Å². The molecular formula is C11H6Cl2N4. The Balaban J connectivity index is 2.37. The molecule has 4 nitrogen and oxygen atoms in total. The minimum absolute atomic E-state index is 0.390. The predicted molar refractivity (Wildman–Crippen MR) is 66.7 cm³/mol. The third-order valence-electron chi connectivity index (χ3n) is 2.06. The van der Waals surface area contributed by atoms with E-state index in [1.165, 1.54) is 0 Å². The number of anilines is 1. The second-order valence-corrected chi connectivity index (χ2v) is 4.01. The lowest BCUT2D eigenvalue weighted by Crippen LogP contribution is -1.95. The van der Waals surface area contributed by atoms with Gasteiger partial charge < -0.3 is 0 Å². The van der Waals surface area contributed by atoms with E-state index in [1.54, 1.807) is 36.5 Å². The van der Waals surface area contributed by atoms with E-state index in [0.717, 1.165) is 5.56 Å².